The van der Waals surface area contributed by atoms with Crippen LogP contribution in [0, 0.1) is 6.92 Å². The molecule has 1 aliphatic rings. The van der Waals surface area contributed by atoms with Crippen LogP contribution in [0.3, 0.4) is 0 Å². The Morgan fingerprint density at radius 3 is 2.18 bits per heavy atom. The number of nitrogens with zero attached hydrogens (tertiary/aromatic N) is 2. The molecule has 6 heteroatoms. The smallest absolute Gasteiger partial charge is 0.295 e. The fourth-order valence-electron chi connectivity index (χ4n) is 2.36. The van der Waals surface area contributed by atoms with Crippen molar-refractivity contribution in [1.82, 2.24) is 15.1 Å². The number of carbonyl (C=O) groups excluding carboxylic acids is 3. The number of ketones is 1. The zero-order chi connectivity index (χ0) is 16.1. The van der Waals surface area contributed by atoms with Crippen molar-refractivity contribution < 1.29 is 14.4 Å². The molecular formula is C16H21N3O3. The molecule has 22 heavy (non-hydrogen) atoms. The SMILES string of the molecule is CNC(=O)CN1CCN(C(=O)C(=O)c2ccc(C)cc2)CC1. The minimum absolute atomic E-state index is 0.0458. The zero-order valence-corrected chi connectivity index (χ0v) is 13.0. The van der Waals surface area contributed by atoms with E-state index in [1.54, 1.807) is 24.1 Å². The van der Waals surface area contributed by atoms with Crippen LogP contribution in [0.5, 0.6) is 0 Å². The molecule has 0 saturated carbocycles. The predicted molar refractivity (Wildman–Crippen MR) is 82.6 cm³/mol. The summed E-state index contributed by atoms with van der Waals surface area (Å²) in [7, 11) is 1.60. The second kappa shape index (κ2) is 7.17. The van der Waals surface area contributed by atoms with Gasteiger partial charge in [0.1, 0.15) is 0 Å². The highest BCUT2D eigenvalue weighted by Gasteiger charge is 2.27. The second-order valence-corrected chi connectivity index (χ2v) is 5.44. The van der Waals surface area contributed by atoms with Crippen molar-refractivity contribution in [2.45, 2.75) is 6.92 Å². The Hall–Kier alpha value is -2.21. The first kappa shape index (κ1) is 16.2. The van der Waals surface area contributed by atoms with E-state index in [0.29, 0.717) is 38.3 Å². The third kappa shape index (κ3) is 3.92. The Kier molecular flexibility index (Phi) is 5.27. The fourth-order valence-corrected chi connectivity index (χ4v) is 2.36. The van der Waals surface area contributed by atoms with Crippen LogP contribution < -0.4 is 5.32 Å². The number of rotatable bonds is 4. The van der Waals surface area contributed by atoms with Gasteiger partial charge in [-0.1, -0.05) is 29.8 Å². The number of Topliss-reactive ketones (excluding diaryl/α,β-unsaturated/α-hetero) is 1. The number of amides is 2. The molecular weight excluding hydrogens is 282 g/mol. The van der Waals surface area contributed by atoms with Gasteiger partial charge in [-0.15, -0.1) is 0 Å². The van der Waals surface area contributed by atoms with Crippen LogP contribution in [0.1, 0.15) is 15.9 Å². The third-order valence-corrected chi connectivity index (χ3v) is 3.81. The summed E-state index contributed by atoms with van der Waals surface area (Å²) in [6.07, 6.45) is 0. The van der Waals surface area contributed by atoms with Gasteiger partial charge in [-0.25, -0.2) is 0 Å². The molecule has 0 atom stereocenters. The zero-order valence-electron chi connectivity index (χ0n) is 13.0. The molecule has 118 valence electrons. The molecule has 1 aromatic rings. The summed E-state index contributed by atoms with van der Waals surface area (Å²) in [6.45, 7) is 4.38. The predicted octanol–water partition coefficient (Wildman–Crippen LogP) is 0.0679. The first-order valence-corrected chi connectivity index (χ1v) is 7.34. The summed E-state index contributed by atoms with van der Waals surface area (Å²) in [5.74, 6) is -0.987. The highest BCUT2D eigenvalue weighted by atomic mass is 16.2. The molecule has 0 aliphatic carbocycles. The van der Waals surface area contributed by atoms with Gasteiger partial charge < -0.3 is 10.2 Å². The molecule has 0 unspecified atom stereocenters. The van der Waals surface area contributed by atoms with Gasteiger partial charge in [0.15, 0.2) is 0 Å². The standard InChI is InChI=1S/C16H21N3O3/c1-12-3-5-13(6-4-12)15(21)16(22)19-9-7-18(8-10-19)11-14(20)17-2/h3-6H,7-11H2,1-2H3,(H,17,20). The molecule has 2 rings (SSSR count). The number of hydrogen-bond donors (Lipinski definition) is 1. The van der Waals surface area contributed by atoms with E-state index in [2.05, 4.69) is 5.32 Å². The number of benzene rings is 1. The van der Waals surface area contributed by atoms with Crippen molar-refractivity contribution in [2.75, 3.05) is 39.8 Å². The van der Waals surface area contributed by atoms with E-state index in [1.807, 2.05) is 24.0 Å². The Morgan fingerprint density at radius 1 is 1.05 bits per heavy atom. The van der Waals surface area contributed by atoms with Crippen LogP contribution in [-0.4, -0.2) is 67.2 Å². The van der Waals surface area contributed by atoms with Gasteiger partial charge in [0, 0.05) is 38.8 Å². The van der Waals surface area contributed by atoms with Gasteiger partial charge in [-0.05, 0) is 6.92 Å². The van der Waals surface area contributed by atoms with Gasteiger partial charge in [-0.3, -0.25) is 19.3 Å². The quantitative estimate of drug-likeness (QED) is 0.631. The maximum atomic E-state index is 12.2. The fraction of sp³-hybridized carbons (Fsp3) is 0.438. The molecule has 0 radical (unpaired) electrons. The van der Waals surface area contributed by atoms with E-state index in [9.17, 15) is 14.4 Å². The van der Waals surface area contributed by atoms with Crippen molar-refractivity contribution in [1.29, 1.82) is 0 Å². The molecule has 0 bridgehead atoms. The lowest BCUT2D eigenvalue weighted by molar-refractivity contribution is -0.128. The van der Waals surface area contributed by atoms with Crippen molar-refractivity contribution in [3.05, 3.63) is 35.4 Å². The molecule has 0 aromatic heterocycles. The van der Waals surface area contributed by atoms with Crippen LogP contribution in [0.2, 0.25) is 0 Å². The minimum atomic E-state index is -0.472. The molecule has 1 N–H and O–H groups in total. The molecule has 2 amide bonds. The van der Waals surface area contributed by atoms with Gasteiger partial charge in [-0.2, -0.15) is 0 Å². The summed E-state index contributed by atoms with van der Waals surface area (Å²) >= 11 is 0. The lowest BCUT2D eigenvalue weighted by atomic mass is 10.1. The maximum Gasteiger partial charge on any atom is 0.295 e. The van der Waals surface area contributed by atoms with Gasteiger partial charge in [0.05, 0.1) is 6.54 Å². The topological polar surface area (TPSA) is 69.7 Å². The molecule has 0 spiro atoms. The summed E-state index contributed by atoms with van der Waals surface area (Å²) in [6, 6.07) is 7.00. The summed E-state index contributed by atoms with van der Waals surface area (Å²) in [5.41, 5.74) is 1.47. The summed E-state index contributed by atoms with van der Waals surface area (Å²) in [4.78, 5) is 39.3. The summed E-state index contributed by atoms with van der Waals surface area (Å²) < 4.78 is 0. The number of piperazine rings is 1. The van der Waals surface area contributed by atoms with Crippen LogP contribution in [0.15, 0.2) is 24.3 Å². The number of nitrogens with one attached hydrogen (secondary N) is 1. The number of hydrogen-bond acceptors (Lipinski definition) is 4. The van der Waals surface area contributed by atoms with E-state index >= 15 is 0 Å². The molecule has 6 nitrogen and oxygen atoms in total. The van der Waals surface area contributed by atoms with Crippen LogP contribution in [-0.2, 0) is 9.59 Å². The average molecular weight is 303 g/mol. The molecule has 1 aliphatic heterocycles. The number of carbonyl (C=O) groups is 3. The van der Waals surface area contributed by atoms with E-state index < -0.39 is 11.7 Å². The Labute approximate surface area is 130 Å². The summed E-state index contributed by atoms with van der Waals surface area (Å²) in [5, 5.41) is 2.58. The Bertz CT molecular complexity index is 561. The van der Waals surface area contributed by atoms with E-state index in [0.717, 1.165) is 5.56 Å². The van der Waals surface area contributed by atoms with Crippen LogP contribution in [0.25, 0.3) is 0 Å². The van der Waals surface area contributed by atoms with E-state index in [4.69, 9.17) is 0 Å². The maximum absolute atomic E-state index is 12.2. The van der Waals surface area contributed by atoms with Crippen LogP contribution >= 0.6 is 0 Å². The molecule has 1 heterocycles. The van der Waals surface area contributed by atoms with Crippen molar-refractivity contribution in [3.8, 4) is 0 Å². The largest absolute Gasteiger partial charge is 0.358 e. The van der Waals surface area contributed by atoms with Gasteiger partial charge in [0.2, 0.25) is 11.7 Å². The minimum Gasteiger partial charge on any atom is -0.358 e. The van der Waals surface area contributed by atoms with E-state index in [-0.39, 0.29) is 5.91 Å². The van der Waals surface area contributed by atoms with Crippen molar-refractivity contribution >= 4 is 17.6 Å². The van der Waals surface area contributed by atoms with E-state index in [1.165, 1.54) is 0 Å². The average Bonchev–Trinajstić information content (AvgIpc) is 2.55. The second-order valence-electron chi connectivity index (χ2n) is 5.44. The van der Waals surface area contributed by atoms with Crippen molar-refractivity contribution in [3.63, 3.8) is 0 Å². The Morgan fingerprint density at radius 2 is 1.64 bits per heavy atom. The monoisotopic (exact) mass is 303 g/mol. The van der Waals surface area contributed by atoms with Crippen LogP contribution in [0.4, 0.5) is 0 Å². The first-order chi connectivity index (χ1) is 10.5. The Balaban J connectivity index is 1.90. The normalized spacial score (nSPS) is 15.5. The lowest BCUT2D eigenvalue weighted by Crippen LogP contribution is -2.52. The number of aryl methyl sites for hydroxylation is 1. The van der Waals surface area contributed by atoms with Gasteiger partial charge in [0.25, 0.3) is 5.91 Å². The molecule has 1 saturated heterocycles. The van der Waals surface area contributed by atoms with Gasteiger partial charge >= 0.3 is 0 Å². The first-order valence-electron chi connectivity index (χ1n) is 7.34. The lowest BCUT2D eigenvalue weighted by Gasteiger charge is -2.33. The third-order valence-electron chi connectivity index (χ3n) is 3.81. The van der Waals surface area contributed by atoms with Crippen molar-refractivity contribution in [2.24, 2.45) is 0 Å². The number of likely N-dealkylation sites (N-methyl/N-ethyl adjacent to an activating group) is 1. The highest BCUT2D eigenvalue weighted by molar-refractivity contribution is 6.42. The highest BCUT2D eigenvalue weighted by Crippen LogP contribution is 2.08. The molecule has 1 aromatic carbocycles. The molecule has 1 fully saturated rings.